The second-order valence-corrected chi connectivity index (χ2v) is 5.60. The van der Waals surface area contributed by atoms with Crippen LogP contribution in [0.2, 0.25) is 0 Å². The molecule has 0 radical (unpaired) electrons. The highest BCUT2D eigenvalue weighted by molar-refractivity contribution is 5.86. The van der Waals surface area contributed by atoms with Crippen molar-refractivity contribution < 1.29 is 9.59 Å². The van der Waals surface area contributed by atoms with Crippen LogP contribution < -0.4 is 22.1 Å². The molecule has 2 atom stereocenters. The predicted molar refractivity (Wildman–Crippen MR) is 79.0 cm³/mol. The molecule has 6 heteroatoms. The average Bonchev–Trinajstić information content (AvgIpc) is 2.44. The summed E-state index contributed by atoms with van der Waals surface area (Å²) in [5.41, 5.74) is 10.9. The van der Waals surface area contributed by atoms with E-state index in [0.717, 1.165) is 19.3 Å². The molecule has 0 aromatic carbocycles. The summed E-state index contributed by atoms with van der Waals surface area (Å²) in [7, 11) is 0. The SMILES string of the molecule is CCC[C@@H](NC(N)=O)C(=O)NC(CN)C1CCCCC1. The molecule has 1 rings (SSSR count). The van der Waals surface area contributed by atoms with Crippen molar-refractivity contribution in [2.45, 2.75) is 64.0 Å². The summed E-state index contributed by atoms with van der Waals surface area (Å²) >= 11 is 0. The largest absolute Gasteiger partial charge is 0.352 e. The highest BCUT2D eigenvalue weighted by Crippen LogP contribution is 2.26. The lowest BCUT2D eigenvalue weighted by Crippen LogP contribution is -2.54. The Kier molecular flexibility index (Phi) is 7.36. The molecule has 0 saturated heterocycles. The first kappa shape index (κ1) is 16.8. The minimum absolute atomic E-state index is 0.00293. The second-order valence-electron chi connectivity index (χ2n) is 5.60. The zero-order valence-corrected chi connectivity index (χ0v) is 12.4. The number of carbonyl (C=O) groups excluding carboxylic acids is 2. The van der Waals surface area contributed by atoms with E-state index in [9.17, 15) is 9.59 Å². The molecule has 0 aliphatic heterocycles. The Morgan fingerprint density at radius 3 is 2.35 bits per heavy atom. The van der Waals surface area contributed by atoms with Gasteiger partial charge < -0.3 is 22.1 Å². The van der Waals surface area contributed by atoms with Gasteiger partial charge in [0, 0.05) is 12.6 Å². The van der Waals surface area contributed by atoms with Crippen LogP contribution in [-0.2, 0) is 4.79 Å². The molecule has 1 fully saturated rings. The molecule has 20 heavy (non-hydrogen) atoms. The molecule has 0 heterocycles. The number of primary amides is 1. The number of hydrogen-bond acceptors (Lipinski definition) is 3. The molecular weight excluding hydrogens is 256 g/mol. The molecule has 0 aromatic heterocycles. The van der Waals surface area contributed by atoms with E-state index < -0.39 is 12.1 Å². The van der Waals surface area contributed by atoms with Crippen LogP contribution in [-0.4, -0.2) is 30.6 Å². The molecule has 1 saturated carbocycles. The third-order valence-corrected chi connectivity index (χ3v) is 4.01. The molecule has 6 N–H and O–H groups in total. The van der Waals surface area contributed by atoms with Crippen molar-refractivity contribution in [2.75, 3.05) is 6.54 Å². The van der Waals surface area contributed by atoms with Crippen LogP contribution in [0, 0.1) is 5.92 Å². The van der Waals surface area contributed by atoms with E-state index in [-0.39, 0.29) is 11.9 Å². The van der Waals surface area contributed by atoms with Gasteiger partial charge in [-0.1, -0.05) is 32.6 Å². The summed E-state index contributed by atoms with van der Waals surface area (Å²) < 4.78 is 0. The topological polar surface area (TPSA) is 110 Å². The summed E-state index contributed by atoms with van der Waals surface area (Å²) in [5, 5.41) is 5.49. The Morgan fingerprint density at radius 1 is 1.20 bits per heavy atom. The van der Waals surface area contributed by atoms with E-state index in [1.807, 2.05) is 6.92 Å². The van der Waals surface area contributed by atoms with Gasteiger partial charge >= 0.3 is 6.03 Å². The number of nitrogens with two attached hydrogens (primary N) is 2. The van der Waals surface area contributed by atoms with Crippen molar-refractivity contribution in [3.63, 3.8) is 0 Å². The number of urea groups is 1. The fraction of sp³-hybridized carbons (Fsp3) is 0.857. The fourth-order valence-corrected chi connectivity index (χ4v) is 2.92. The predicted octanol–water partition coefficient (Wildman–Crippen LogP) is 0.847. The molecule has 0 bridgehead atoms. The van der Waals surface area contributed by atoms with Crippen molar-refractivity contribution in [3.05, 3.63) is 0 Å². The third-order valence-electron chi connectivity index (χ3n) is 4.01. The maximum absolute atomic E-state index is 12.2. The summed E-state index contributed by atoms with van der Waals surface area (Å²) in [5.74, 6) is 0.278. The van der Waals surface area contributed by atoms with E-state index >= 15 is 0 Å². The van der Waals surface area contributed by atoms with Crippen molar-refractivity contribution >= 4 is 11.9 Å². The summed E-state index contributed by atoms with van der Waals surface area (Å²) in [6, 6.07) is -1.23. The zero-order valence-electron chi connectivity index (χ0n) is 12.4. The molecule has 1 aliphatic carbocycles. The number of carbonyl (C=O) groups is 2. The van der Waals surface area contributed by atoms with Gasteiger partial charge in [-0.05, 0) is 25.2 Å². The molecular formula is C14H28N4O2. The number of hydrogen-bond donors (Lipinski definition) is 4. The minimum atomic E-state index is -0.666. The third kappa shape index (κ3) is 5.36. The van der Waals surface area contributed by atoms with Crippen LogP contribution in [0.1, 0.15) is 51.9 Å². The van der Waals surface area contributed by atoms with Gasteiger partial charge in [0.05, 0.1) is 0 Å². The normalized spacial score (nSPS) is 19.1. The van der Waals surface area contributed by atoms with Crippen LogP contribution in [0.4, 0.5) is 4.79 Å². The first-order valence-electron chi connectivity index (χ1n) is 7.64. The molecule has 3 amide bonds. The molecule has 1 unspecified atom stereocenters. The first-order valence-corrected chi connectivity index (χ1v) is 7.64. The van der Waals surface area contributed by atoms with E-state index in [2.05, 4.69) is 10.6 Å². The number of amides is 3. The van der Waals surface area contributed by atoms with Gasteiger partial charge in [-0.25, -0.2) is 4.79 Å². The standard InChI is InChI=1S/C14H28N4O2/c1-2-6-11(18-14(16)20)13(19)17-12(9-15)10-7-4-3-5-8-10/h10-12H,2-9,15H2,1H3,(H,17,19)(H3,16,18,20)/t11-,12?/m1/s1. The number of rotatable bonds is 7. The van der Waals surface area contributed by atoms with E-state index in [4.69, 9.17) is 11.5 Å². The molecule has 1 aliphatic rings. The van der Waals surface area contributed by atoms with Crippen molar-refractivity contribution in [1.82, 2.24) is 10.6 Å². The smallest absolute Gasteiger partial charge is 0.312 e. The van der Waals surface area contributed by atoms with Gasteiger partial charge in [0.1, 0.15) is 6.04 Å². The first-order chi connectivity index (χ1) is 9.58. The summed E-state index contributed by atoms with van der Waals surface area (Å²) in [6.07, 6.45) is 7.28. The second kappa shape index (κ2) is 8.79. The maximum Gasteiger partial charge on any atom is 0.312 e. The highest BCUT2D eigenvalue weighted by Gasteiger charge is 2.27. The summed E-state index contributed by atoms with van der Waals surface area (Å²) in [4.78, 5) is 23.2. The molecule has 0 spiro atoms. The van der Waals surface area contributed by atoms with E-state index in [1.54, 1.807) is 0 Å². The van der Waals surface area contributed by atoms with Gasteiger partial charge in [0.15, 0.2) is 0 Å². The Hall–Kier alpha value is -1.30. The quantitative estimate of drug-likeness (QED) is 0.556. The number of nitrogens with one attached hydrogen (secondary N) is 2. The van der Waals surface area contributed by atoms with E-state index in [1.165, 1.54) is 19.3 Å². The lowest BCUT2D eigenvalue weighted by Gasteiger charge is -2.31. The minimum Gasteiger partial charge on any atom is -0.352 e. The molecule has 0 aromatic rings. The highest BCUT2D eigenvalue weighted by atomic mass is 16.2. The molecule has 6 nitrogen and oxygen atoms in total. The molecule has 116 valence electrons. The van der Waals surface area contributed by atoms with Crippen LogP contribution in [0.25, 0.3) is 0 Å². The van der Waals surface area contributed by atoms with Gasteiger partial charge in [0.2, 0.25) is 5.91 Å². The van der Waals surface area contributed by atoms with Gasteiger partial charge in [-0.15, -0.1) is 0 Å². The Bertz CT molecular complexity index is 316. The van der Waals surface area contributed by atoms with Gasteiger partial charge in [0.25, 0.3) is 0 Å². The Labute approximate surface area is 121 Å². The fourth-order valence-electron chi connectivity index (χ4n) is 2.92. The average molecular weight is 284 g/mol. The van der Waals surface area contributed by atoms with Gasteiger partial charge in [-0.3, -0.25) is 4.79 Å². The van der Waals surface area contributed by atoms with Crippen LogP contribution in [0.15, 0.2) is 0 Å². The van der Waals surface area contributed by atoms with E-state index in [0.29, 0.717) is 18.9 Å². The van der Waals surface area contributed by atoms with Crippen LogP contribution in [0.3, 0.4) is 0 Å². The maximum atomic E-state index is 12.2. The monoisotopic (exact) mass is 284 g/mol. The Morgan fingerprint density at radius 2 is 1.85 bits per heavy atom. The lowest BCUT2D eigenvalue weighted by molar-refractivity contribution is -0.124. The van der Waals surface area contributed by atoms with Crippen LogP contribution in [0.5, 0.6) is 0 Å². The van der Waals surface area contributed by atoms with Crippen molar-refractivity contribution in [3.8, 4) is 0 Å². The van der Waals surface area contributed by atoms with Crippen LogP contribution >= 0.6 is 0 Å². The van der Waals surface area contributed by atoms with Crippen molar-refractivity contribution in [1.29, 1.82) is 0 Å². The van der Waals surface area contributed by atoms with Gasteiger partial charge in [-0.2, -0.15) is 0 Å². The lowest BCUT2D eigenvalue weighted by atomic mass is 9.83. The zero-order chi connectivity index (χ0) is 15.0. The Balaban J connectivity index is 2.56. The summed E-state index contributed by atoms with van der Waals surface area (Å²) in [6.45, 7) is 2.40. The van der Waals surface area contributed by atoms with Crippen molar-refractivity contribution in [2.24, 2.45) is 17.4 Å².